The van der Waals surface area contributed by atoms with E-state index in [1.807, 2.05) is 4.90 Å². The number of rotatable bonds is 2. The Balaban J connectivity index is 2.61. The van der Waals surface area contributed by atoms with Crippen LogP contribution >= 0.6 is 0 Å². The largest absolute Gasteiger partial charge is 0.341 e. The van der Waals surface area contributed by atoms with Crippen LogP contribution in [0.1, 0.15) is 20.3 Å². The van der Waals surface area contributed by atoms with Gasteiger partial charge in [0.1, 0.15) is 0 Å². The molecule has 0 N–H and O–H groups in total. The predicted molar refractivity (Wildman–Crippen MR) is 53.5 cm³/mol. The van der Waals surface area contributed by atoms with Crippen molar-refractivity contribution in [2.24, 2.45) is 5.92 Å². The molecule has 2 unspecified atom stereocenters. The van der Waals surface area contributed by atoms with E-state index in [0.29, 0.717) is 12.0 Å². The van der Waals surface area contributed by atoms with Gasteiger partial charge in [-0.3, -0.25) is 4.79 Å². The highest BCUT2D eigenvalue weighted by Gasteiger charge is 2.33. The summed E-state index contributed by atoms with van der Waals surface area (Å²) in [6.45, 7) is 5.70. The summed E-state index contributed by atoms with van der Waals surface area (Å²) in [7, 11) is 4.19. The zero-order valence-electron chi connectivity index (χ0n) is 9.08. The minimum absolute atomic E-state index is 0.211. The zero-order chi connectivity index (χ0) is 10.0. The van der Waals surface area contributed by atoms with Gasteiger partial charge in [0.2, 0.25) is 5.91 Å². The van der Waals surface area contributed by atoms with Crippen LogP contribution in [0.3, 0.4) is 0 Å². The molecule has 1 aliphatic rings. The first-order valence-electron chi connectivity index (χ1n) is 4.98. The highest BCUT2D eigenvalue weighted by molar-refractivity contribution is 5.73. The molecule has 0 spiro atoms. The van der Waals surface area contributed by atoms with E-state index in [1.54, 1.807) is 6.92 Å². The Kier molecular flexibility index (Phi) is 3.31. The minimum atomic E-state index is 0.211. The molecule has 1 aliphatic heterocycles. The Hall–Kier alpha value is -0.570. The third kappa shape index (κ3) is 2.21. The number of nitrogens with zero attached hydrogens (tertiary/aromatic N) is 2. The maximum atomic E-state index is 11.2. The van der Waals surface area contributed by atoms with Crippen LogP contribution in [0, 0.1) is 5.92 Å². The van der Waals surface area contributed by atoms with E-state index in [0.717, 1.165) is 19.5 Å². The fourth-order valence-corrected chi connectivity index (χ4v) is 2.10. The molecule has 0 saturated carbocycles. The highest BCUT2D eigenvalue weighted by Crippen LogP contribution is 2.22. The Bertz CT molecular complexity index is 191. The minimum Gasteiger partial charge on any atom is -0.341 e. The SMILES string of the molecule is CCC1CN(C(C)=O)CC1N(C)C. The van der Waals surface area contributed by atoms with Gasteiger partial charge in [0.15, 0.2) is 0 Å². The Morgan fingerprint density at radius 3 is 2.38 bits per heavy atom. The van der Waals surface area contributed by atoms with E-state index in [-0.39, 0.29) is 5.91 Å². The van der Waals surface area contributed by atoms with Gasteiger partial charge in [0.05, 0.1) is 0 Å². The zero-order valence-corrected chi connectivity index (χ0v) is 9.08. The van der Waals surface area contributed by atoms with Crippen molar-refractivity contribution in [2.45, 2.75) is 26.3 Å². The first kappa shape index (κ1) is 10.5. The average molecular weight is 184 g/mol. The molecule has 3 nitrogen and oxygen atoms in total. The van der Waals surface area contributed by atoms with Crippen LogP contribution in [0.5, 0.6) is 0 Å². The number of likely N-dealkylation sites (N-methyl/N-ethyl adjacent to an activating group) is 1. The highest BCUT2D eigenvalue weighted by atomic mass is 16.2. The van der Waals surface area contributed by atoms with Crippen LogP contribution in [0.4, 0.5) is 0 Å². The van der Waals surface area contributed by atoms with Crippen LogP contribution < -0.4 is 0 Å². The predicted octanol–water partition coefficient (Wildman–Crippen LogP) is 0.805. The van der Waals surface area contributed by atoms with Crippen LogP contribution in [0.15, 0.2) is 0 Å². The summed E-state index contributed by atoms with van der Waals surface area (Å²) in [4.78, 5) is 15.4. The van der Waals surface area contributed by atoms with Crippen molar-refractivity contribution in [2.75, 3.05) is 27.2 Å². The van der Waals surface area contributed by atoms with E-state index in [2.05, 4.69) is 25.9 Å². The third-order valence-corrected chi connectivity index (χ3v) is 3.04. The van der Waals surface area contributed by atoms with E-state index in [9.17, 15) is 4.79 Å². The second-order valence-electron chi connectivity index (χ2n) is 4.12. The molecule has 0 aromatic carbocycles. The van der Waals surface area contributed by atoms with E-state index >= 15 is 0 Å². The van der Waals surface area contributed by atoms with Gasteiger partial charge in [-0.25, -0.2) is 0 Å². The van der Waals surface area contributed by atoms with Gasteiger partial charge in [-0.15, -0.1) is 0 Å². The van der Waals surface area contributed by atoms with Crippen LogP contribution in [-0.2, 0) is 4.79 Å². The van der Waals surface area contributed by atoms with E-state index in [1.165, 1.54) is 0 Å². The van der Waals surface area contributed by atoms with Gasteiger partial charge in [0.25, 0.3) is 0 Å². The van der Waals surface area contributed by atoms with Gasteiger partial charge in [-0.1, -0.05) is 13.3 Å². The van der Waals surface area contributed by atoms with Crippen molar-refractivity contribution in [3.63, 3.8) is 0 Å². The number of amides is 1. The quantitative estimate of drug-likeness (QED) is 0.634. The number of hydrogen-bond acceptors (Lipinski definition) is 2. The molecule has 2 atom stereocenters. The molecule has 13 heavy (non-hydrogen) atoms. The van der Waals surface area contributed by atoms with Crippen LogP contribution in [0.25, 0.3) is 0 Å². The monoisotopic (exact) mass is 184 g/mol. The van der Waals surface area contributed by atoms with Crippen molar-refractivity contribution >= 4 is 5.91 Å². The van der Waals surface area contributed by atoms with E-state index in [4.69, 9.17) is 0 Å². The summed E-state index contributed by atoms with van der Waals surface area (Å²) < 4.78 is 0. The second-order valence-corrected chi connectivity index (χ2v) is 4.12. The summed E-state index contributed by atoms with van der Waals surface area (Å²) in [6.07, 6.45) is 1.16. The standard InChI is InChI=1S/C10H20N2O/c1-5-9-6-12(8(2)13)7-10(9)11(3)4/h9-10H,5-7H2,1-4H3. The summed E-state index contributed by atoms with van der Waals surface area (Å²) >= 11 is 0. The van der Waals surface area contributed by atoms with Crippen molar-refractivity contribution < 1.29 is 4.79 Å². The number of carbonyl (C=O) groups excluding carboxylic acids is 1. The molecule has 3 heteroatoms. The first-order valence-corrected chi connectivity index (χ1v) is 4.98. The second kappa shape index (κ2) is 4.09. The van der Waals surface area contributed by atoms with Crippen molar-refractivity contribution in [3.05, 3.63) is 0 Å². The summed E-state index contributed by atoms with van der Waals surface area (Å²) in [5.41, 5.74) is 0. The first-order chi connectivity index (χ1) is 6.06. The lowest BCUT2D eigenvalue weighted by molar-refractivity contribution is -0.128. The Morgan fingerprint density at radius 1 is 1.46 bits per heavy atom. The molecular formula is C10H20N2O. The van der Waals surface area contributed by atoms with Crippen molar-refractivity contribution in [1.82, 2.24) is 9.80 Å². The Labute approximate surface area is 80.7 Å². The fraction of sp³-hybridized carbons (Fsp3) is 0.900. The molecule has 76 valence electrons. The van der Waals surface area contributed by atoms with Gasteiger partial charge in [-0.05, 0) is 20.0 Å². The molecule has 0 aromatic rings. The number of carbonyl (C=O) groups is 1. The topological polar surface area (TPSA) is 23.6 Å². The number of likely N-dealkylation sites (tertiary alicyclic amines) is 1. The average Bonchev–Trinajstić information content (AvgIpc) is 2.47. The molecule has 1 rings (SSSR count). The van der Waals surface area contributed by atoms with Crippen molar-refractivity contribution in [1.29, 1.82) is 0 Å². The molecule has 1 saturated heterocycles. The lowest BCUT2D eigenvalue weighted by atomic mass is 10.0. The Morgan fingerprint density at radius 2 is 2.08 bits per heavy atom. The summed E-state index contributed by atoms with van der Waals surface area (Å²) in [5, 5.41) is 0. The van der Waals surface area contributed by atoms with E-state index < -0.39 is 0 Å². The van der Waals surface area contributed by atoms with Crippen molar-refractivity contribution in [3.8, 4) is 0 Å². The summed E-state index contributed by atoms with van der Waals surface area (Å²) in [6, 6.07) is 0.550. The molecule has 1 amide bonds. The molecule has 1 heterocycles. The normalized spacial score (nSPS) is 28.5. The maximum Gasteiger partial charge on any atom is 0.219 e. The molecule has 0 radical (unpaired) electrons. The smallest absolute Gasteiger partial charge is 0.219 e. The fourth-order valence-electron chi connectivity index (χ4n) is 2.10. The number of hydrogen-bond donors (Lipinski definition) is 0. The molecular weight excluding hydrogens is 164 g/mol. The summed E-state index contributed by atoms with van der Waals surface area (Å²) in [5.74, 6) is 0.863. The van der Waals surface area contributed by atoms with Gasteiger partial charge < -0.3 is 9.80 Å². The van der Waals surface area contributed by atoms with Crippen LogP contribution in [-0.4, -0.2) is 48.9 Å². The van der Waals surface area contributed by atoms with Gasteiger partial charge in [-0.2, -0.15) is 0 Å². The van der Waals surface area contributed by atoms with Crippen LogP contribution in [0.2, 0.25) is 0 Å². The lowest BCUT2D eigenvalue weighted by Crippen LogP contribution is -2.35. The van der Waals surface area contributed by atoms with Gasteiger partial charge in [0, 0.05) is 26.1 Å². The third-order valence-electron chi connectivity index (χ3n) is 3.04. The molecule has 1 fully saturated rings. The van der Waals surface area contributed by atoms with Gasteiger partial charge >= 0.3 is 0 Å². The molecule has 0 aromatic heterocycles. The molecule has 0 bridgehead atoms. The lowest BCUT2D eigenvalue weighted by Gasteiger charge is -2.23. The maximum absolute atomic E-state index is 11.2. The molecule has 0 aliphatic carbocycles.